The van der Waals surface area contributed by atoms with Gasteiger partial charge in [-0.15, -0.1) is 11.3 Å². The van der Waals surface area contributed by atoms with Crippen LogP contribution >= 0.6 is 22.9 Å². The van der Waals surface area contributed by atoms with Gasteiger partial charge in [-0.3, -0.25) is 4.79 Å². The molecule has 0 spiro atoms. The number of halogens is 2. The molecule has 0 saturated carbocycles. The number of amides is 1. The number of fused-ring (bicyclic) bond motifs is 1. The fourth-order valence-corrected chi connectivity index (χ4v) is 3.56. The van der Waals surface area contributed by atoms with E-state index in [1.807, 2.05) is 12.1 Å². The molecule has 0 fully saturated rings. The van der Waals surface area contributed by atoms with E-state index in [1.54, 1.807) is 11.3 Å². The minimum atomic E-state index is -0.453. The maximum atomic E-state index is 13.0. The van der Waals surface area contributed by atoms with Crippen molar-refractivity contribution in [1.29, 1.82) is 0 Å². The molecule has 0 aliphatic rings. The third-order valence-corrected chi connectivity index (χ3v) is 4.74. The topological polar surface area (TPSA) is 29.1 Å². The lowest BCUT2D eigenvalue weighted by Gasteiger charge is -2.06. The first-order valence-electron chi connectivity index (χ1n) is 6.83. The molecule has 5 heteroatoms. The van der Waals surface area contributed by atoms with Gasteiger partial charge in [-0.25, -0.2) is 4.39 Å². The molecular weight excluding hydrogens is 321 g/mol. The van der Waals surface area contributed by atoms with E-state index in [0.29, 0.717) is 12.1 Å². The zero-order valence-electron chi connectivity index (χ0n) is 11.6. The first-order chi connectivity index (χ1) is 10.6. The molecular formula is C17H13ClFNOS. The minimum Gasteiger partial charge on any atom is -0.352 e. The first kappa shape index (κ1) is 15.0. The van der Waals surface area contributed by atoms with Crippen LogP contribution in [0.2, 0.25) is 5.02 Å². The van der Waals surface area contributed by atoms with Crippen molar-refractivity contribution in [3.8, 4) is 0 Å². The summed E-state index contributed by atoms with van der Waals surface area (Å²) in [4.78, 5) is 12.1. The predicted molar refractivity (Wildman–Crippen MR) is 89.3 cm³/mol. The fourth-order valence-electron chi connectivity index (χ4n) is 2.31. The van der Waals surface area contributed by atoms with Crippen LogP contribution in [0.3, 0.4) is 0 Å². The Morgan fingerprint density at radius 3 is 2.86 bits per heavy atom. The fraction of sp³-hybridized carbons (Fsp3) is 0.118. The zero-order valence-corrected chi connectivity index (χ0v) is 13.2. The summed E-state index contributed by atoms with van der Waals surface area (Å²) in [7, 11) is 0. The average Bonchev–Trinajstić information content (AvgIpc) is 2.90. The summed E-state index contributed by atoms with van der Waals surface area (Å²) in [5.74, 6) is -0.740. The van der Waals surface area contributed by atoms with E-state index in [9.17, 15) is 9.18 Å². The lowest BCUT2D eigenvalue weighted by molar-refractivity contribution is 0.0954. The smallest absolute Gasteiger partial charge is 0.252 e. The zero-order chi connectivity index (χ0) is 15.5. The molecule has 112 valence electrons. The highest BCUT2D eigenvalue weighted by molar-refractivity contribution is 7.17. The van der Waals surface area contributed by atoms with Gasteiger partial charge in [-0.05, 0) is 47.0 Å². The van der Waals surface area contributed by atoms with E-state index < -0.39 is 5.82 Å². The molecule has 0 aliphatic heterocycles. The van der Waals surface area contributed by atoms with Crippen molar-refractivity contribution in [3.63, 3.8) is 0 Å². The summed E-state index contributed by atoms with van der Waals surface area (Å²) >= 11 is 7.58. The number of rotatable bonds is 4. The van der Waals surface area contributed by atoms with Gasteiger partial charge in [0.25, 0.3) is 5.91 Å². The summed E-state index contributed by atoms with van der Waals surface area (Å²) in [6, 6.07) is 12.0. The molecule has 0 atom stereocenters. The molecule has 0 aliphatic carbocycles. The van der Waals surface area contributed by atoms with Crippen LogP contribution in [-0.4, -0.2) is 12.5 Å². The predicted octanol–water partition coefficient (Wildman–Crippen LogP) is 4.67. The van der Waals surface area contributed by atoms with Crippen molar-refractivity contribution in [1.82, 2.24) is 5.32 Å². The third kappa shape index (κ3) is 3.13. The molecule has 0 bridgehead atoms. The average molecular weight is 334 g/mol. The molecule has 0 unspecified atom stereocenters. The number of thiophene rings is 1. The van der Waals surface area contributed by atoms with Crippen molar-refractivity contribution in [2.45, 2.75) is 6.42 Å². The number of nitrogens with one attached hydrogen (secondary N) is 1. The molecule has 3 aromatic rings. The number of carbonyl (C=O) groups is 1. The van der Waals surface area contributed by atoms with Gasteiger partial charge >= 0.3 is 0 Å². The maximum Gasteiger partial charge on any atom is 0.252 e. The van der Waals surface area contributed by atoms with Crippen LogP contribution < -0.4 is 5.32 Å². The molecule has 0 radical (unpaired) electrons. The molecule has 1 heterocycles. The second kappa shape index (κ2) is 6.46. The van der Waals surface area contributed by atoms with E-state index in [1.165, 1.54) is 27.8 Å². The van der Waals surface area contributed by atoms with Crippen LogP contribution in [0.4, 0.5) is 4.39 Å². The molecule has 2 aromatic carbocycles. The van der Waals surface area contributed by atoms with Gasteiger partial charge < -0.3 is 5.32 Å². The van der Waals surface area contributed by atoms with Gasteiger partial charge in [-0.2, -0.15) is 0 Å². The van der Waals surface area contributed by atoms with Crippen molar-refractivity contribution >= 4 is 38.9 Å². The van der Waals surface area contributed by atoms with Gasteiger partial charge in [0.2, 0.25) is 0 Å². The van der Waals surface area contributed by atoms with Crippen LogP contribution in [0.15, 0.2) is 47.8 Å². The van der Waals surface area contributed by atoms with Crippen LogP contribution in [0.25, 0.3) is 10.1 Å². The largest absolute Gasteiger partial charge is 0.352 e. The molecule has 3 rings (SSSR count). The summed E-state index contributed by atoms with van der Waals surface area (Å²) in [5.41, 5.74) is 1.50. The van der Waals surface area contributed by atoms with Gasteiger partial charge in [0.05, 0.1) is 10.6 Å². The third-order valence-electron chi connectivity index (χ3n) is 3.42. The number of hydrogen-bond donors (Lipinski definition) is 1. The van der Waals surface area contributed by atoms with Crippen LogP contribution in [-0.2, 0) is 6.42 Å². The Labute approximate surface area is 136 Å². The number of benzene rings is 2. The van der Waals surface area contributed by atoms with Gasteiger partial charge in [0.1, 0.15) is 5.82 Å². The summed E-state index contributed by atoms with van der Waals surface area (Å²) in [6.45, 7) is 0.507. The summed E-state index contributed by atoms with van der Waals surface area (Å²) in [5, 5.41) is 6.28. The first-order valence-corrected chi connectivity index (χ1v) is 8.09. The Morgan fingerprint density at radius 1 is 1.23 bits per heavy atom. The number of carbonyl (C=O) groups excluding carboxylic acids is 1. The highest BCUT2D eigenvalue weighted by atomic mass is 35.5. The molecule has 22 heavy (non-hydrogen) atoms. The van der Waals surface area contributed by atoms with Gasteiger partial charge in [0.15, 0.2) is 0 Å². The SMILES string of the molecule is O=C(NCCc1csc2ccccc12)c1ccc(F)cc1Cl. The van der Waals surface area contributed by atoms with E-state index in [4.69, 9.17) is 11.6 Å². The molecule has 0 saturated heterocycles. The second-order valence-corrected chi connectivity index (χ2v) is 6.21. The highest BCUT2D eigenvalue weighted by Crippen LogP contribution is 2.25. The van der Waals surface area contributed by atoms with Crippen molar-refractivity contribution < 1.29 is 9.18 Å². The second-order valence-electron chi connectivity index (χ2n) is 4.89. The highest BCUT2D eigenvalue weighted by Gasteiger charge is 2.11. The normalized spacial score (nSPS) is 10.8. The Balaban J connectivity index is 1.64. The Kier molecular flexibility index (Phi) is 4.41. The van der Waals surface area contributed by atoms with E-state index in [0.717, 1.165) is 12.5 Å². The van der Waals surface area contributed by atoms with E-state index in [2.05, 4.69) is 22.8 Å². The van der Waals surface area contributed by atoms with E-state index in [-0.39, 0.29) is 10.9 Å². The standard InChI is InChI=1S/C17H13ClFNOS/c18-15-9-12(19)5-6-14(15)17(21)20-8-7-11-10-22-16-4-2-1-3-13(11)16/h1-6,9-10H,7-8H2,(H,20,21). The monoisotopic (exact) mass is 333 g/mol. The van der Waals surface area contributed by atoms with Crippen LogP contribution in [0, 0.1) is 5.82 Å². The van der Waals surface area contributed by atoms with Gasteiger partial charge in [0, 0.05) is 11.2 Å². The molecule has 1 N–H and O–H groups in total. The maximum absolute atomic E-state index is 13.0. The van der Waals surface area contributed by atoms with Crippen molar-refractivity contribution in [2.75, 3.05) is 6.54 Å². The lowest BCUT2D eigenvalue weighted by Crippen LogP contribution is -2.25. The van der Waals surface area contributed by atoms with E-state index >= 15 is 0 Å². The van der Waals surface area contributed by atoms with Crippen molar-refractivity contribution in [2.24, 2.45) is 0 Å². The molecule has 2 nitrogen and oxygen atoms in total. The summed E-state index contributed by atoms with van der Waals surface area (Å²) < 4.78 is 14.2. The Hall–Kier alpha value is -1.91. The lowest BCUT2D eigenvalue weighted by atomic mass is 10.1. The number of hydrogen-bond acceptors (Lipinski definition) is 2. The van der Waals surface area contributed by atoms with Gasteiger partial charge in [-0.1, -0.05) is 29.8 Å². The Bertz CT molecular complexity index is 830. The summed E-state index contributed by atoms with van der Waals surface area (Å²) in [6.07, 6.45) is 0.745. The molecule has 1 amide bonds. The Morgan fingerprint density at radius 2 is 2.05 bits per heavy atom. The van der Waals surface area contributed by atoms with Crippen LogP contribution in [0.5, 0.6) is 0 Å². The quantitative estimate of drug-likeness (QED) is 0.738. The van der Waals surface area contributed by atoms with Crippen molar-refractivity contribution in [3.05, 3.63) is 69.8 Å². The van der Waals surface area contributed by atoms with Crippen LogP contribution in [0.1, 0.15) is 15.9 Å². The minimum absolute atomic E-state index is 0.124. The molecule has 1 aromatic heterocycles.